The van der Waals surface area contributed by atoms with Crippen molar-refractivity contribution in [1.29, 1.82) is 5.26 Å². The lowest BCUT2D eigenvalue weighted by Crippen LogP contribution is -2.14. The number of thiophene rings is 1. The topological polar surface area (TPSA) is 78.9 Å². The molecule has 2 aromatic rings. The molecule has 4 nitrogen and oxygen atoms in total. The van der Waals surface area contributed by atoms with Crippen molar-refractivity contribution in [3.63, 3.8) is 0 Å². The highest BCUT2D eigenvalue weighted by Crippen LogP contribution is 2.39. The first-order chi connectivity index (χ1) is 11.6. The van der Waals surface area contributed by atoms with Gasteiger partial charge in [0, 0.05) is 15.5 Å². The van der Waals surface area contributed by atoms with Gasteiger partial charge in [-0.15, -0.1) is 23.1 Å². The van der Waals surface area contributed by atoms with Crippen LogP contribution in [0.25, 0.3) is 0 Å². The number of nitriles is 1. The second-order valence-corrected chi connectivity index (χ2v) is 8.23. The summed E-state index contributed by atoms with van der Waals surface area (Å²) >= 11 is 3.00. The highest BCUT2D eigenvalue weighted by Gasteiger charge is 2.24. The molecule has 1 aromatic heterocycles. The smallest absolute Gasteiger partial charge is 0.235 e. The number of carbonyl (C=O) groups is 1. The molecule has 1 amide bonds. The molecule has 0 aliphatic heterocycles. The van der Waals surface area contributed by atoms with Crippen molar-refractivity contribution in [1.82, 2.24) is 0 Å². The zero-order chi connectivity index (χ0) is 17.1. The Morgan fingerprint density at radius 3 is 3.12 bits per heavy atom. The highest BCUT2D eigenvalue weighted by atomic mass is 32.2. The molecule has 0 fully saturated rings. The molecule has 6 heteroatoms. The molecule has 1 unspecified atom stereocenters. The number of benzene rings is 1. The first kappa shape index (κ1) is 16.9. The van der Waals surface area contributed by atoms with E-state index in [1.807, 2.05) is 24.3 Å². The molecule has 24 heavy (non-hydrogen) atoms. The molecule has 3 N–H and O–H groups in total. The van der Waals surface area contributed by atoms with E-state index in [1.54, 1.807) is 11.3 Å². The van der Waals surface area contributed by atoms with Crippen LogP contribution < -0.4 is 11.1 Å². The standard InChI is InChI=1S/C18H19N3OS2/c1-11-5-6-14-15(9-19)18(24-16(14)7-11)21-17(22)10-23-13-4-2-3-12(20)8-13/h2-4,8,11H,5-7,10,20H2,1H3,(H,21,22). The summed E-state index contributed by atoms with van der Waals surface area (Å²) in [5, 5.41) is 13.1. The number of nitrogens with one attached hydrogen (secondary N) is 1. The van der Waals surface area contributed by atoms with Crippen LogP contribution >= 0.6 is 23.1 Å². The fraction of sp³-hybridized carbons (Fsp3) is 0.333. The summed E-state index contributed by atoms with van der Waals surface area (Å²) in [5.74, 6) is 0.851. The minimum absolute atomic E-state index is 0.0921. The van der Waals surface area contributed by atoms with E-state index in [0.29, 0.717) is 27.9 Å². The van der Waals surface area contributed by atoms with Crippen molar-refractivity contribution in [3.8, 4) is 6.07 Å². The Labute approximate surface area is 150 Å². The summed E-state index contributed by atoms with van der Waals surface area (Å²) in [5.41, 5.74) is 8.23. The van der Waals surface area contributed by atoms with E-state index in [4.69, 9.17) is 5.73 Å². The fourth-order valence-corrected chi connectivity index (χ4v) is 5.01. The normalized spacial score (nSPS) is 16.2. The molecule has 0 spiro atoms. The van der Waals surface area contributed by atoms with Crippen molar-refractivity contribution >= 4 is 39.7 Å². The molecule has 124 valence electrons. The second-order valence-electron chi connectivity index (χ2n) is 6.08. The van der Waals surface area contributed by atoms with Gasteiger partial charge in [0.05, 0.1) is 11.3 Å². The van der Waals surface area contributed by atoms with Gasteiger partial charge in [0.2, 0.25) is 5.91 Å². The summed E-state index contributed by atoms with van der Waals surface area (Å²) in [7, 11) is 0. The fourth-order valence-electron chi connectivity index (χ4n) is 2.87. The Hall–Kier alpha value is -1.97. The maximum atomic E-state index is 12.3. The predicted molar refractivity (Wildman–Crippen MR) is 100 cm³/mol. The van der Waals surface area contributed by atoms with E-state index < -0.39 is 0 Å². The average Bonchev–Trinajstić information content (AvgIpc) is 2.89. The molecule has 0 saturated carbocycles. The first-order valence-electron chi connectivity index (χ1n) is 7.89. The lowest BCUT2D eigenvalue weighted by atomic mass is 9.89. The van der Waals surface area contributed by atoms with Gasteiger partial charge < -0.3 is 11.1 Å². The Morgan fingerprint density at radius 1 is 1.54 bits per heavy atom. The van der Waals surface area contributed by atoms with E-state index in [-0.39, 0.29) is 5.91 Å². The van der Waals surface area contributed by atoms with Crippen molar-refractivity contribution in [3.05, 3.63) is 40.3 Å². The van der Waals surface area contributed by atoms with Gasteiger partial charge in [0.15, 0.2) is 0 Å². The molecule has 0 saturated heterocycles. The summed E-state index contributed by atoms with van der Waals surface area (Å²) in [6.07, 6.45) is 3.05. The zero-order valence-electron chi connectivity index (χ0n) is 13.5. The van der Waals surface area contributed by atoms with E-state index in [1.165, 1.54) is 16.6 Å². The lowest BCUT2D eigenvalue weighted by Gasteiger charge is -2.17. The number of fused-ring (bicyclic) bond motifs is 1. The van der Waals surface area contributed by atoms with Gasteiger partial charge in [0.25, 0.3) is 0 Å². The van der Waals surface area contributed by atoms with Crippen molar-refractivity contribution < 1.29 is 4.79 Å². The van der Waals surface area contributed by atoms with E-state index in [0.717, 1.165) is 29.7 Å². The monoisotopic (exact) mass is 357 g/mol. The van der Waals surface area contributed by atoms with Crippen LogP contribution in [0.15, 0.2) is 29.2 Å². The van der Waals surface area contributed by atoms with Crippen LogP contribution in [-0.2, 0) is 17.6 Å². The van der Waals surface area contributed by atoms with Crippen molar-refractivity contribution in [2.24, 2.45) is 5.92 Å². The molecule has 1 aliphatic rings. The van der Waals surface area contributed by atoms with Gasteiger partial charge in [-0.3, -0.25) is 4.79 Å². The molecule has 3 rings (SSSR count). The molecule has 1 aliphatic carbocycles. The molecule has 0 radical (unpaired) electrons. The van der Waals surface area contributed by atoms with Gasteiger partial charge in [-0.2, -0.15) is 5.26 Å². The maximum Gasteiger partial charge on any atom is 0.235 e. The minimum Gasteiger partial charge on any atom is -0.399 e. The Morgan fingerprint density at radius 2 is 2.38 bits per heavy atom. The molecular formula is C18H19N3OS2. The average molecular weight is 358 g/mol. The van der Waals surface area contributed by atoms with Gasteiger partial charge in [0.1, 0.15) is 11.1 Å². The SMILES string of the molecule is CC1CCc2c(sc(NC(=O)CSc3cccc(N)c3)c2C#N)C1. The molecule has 1 aromatic carbocycles. The summed E-state index contributed by atoms with van der Waals surface area (Å²) in [6, 6.07) is 9.75. The predicted octanol–water partition coefficient (Wildman–Crippen LogP) is 4.06. The number of thioether (sulfide) groups is 1. The van der Waals surface area contributed by atoms with Crippen LogP contribution in [0.3, 0.4) is 0 Å². The van der Waals surface area contributed by atoms with Gasteiger partial charge in [-0.1, -0.05) is 13.0 Å². The van der Waals surface area contributed by atoms with E-state index in [2.05, 4.69) is 18.3 Å². The van der Waals surface area contributed by atoms with Crippen LogP contribution in [0.1, 0.15) is 29.3 Å². The number of amides is 1. The zero-order valence-corrected chi connectivity index (χ0v) is 15.1. The number of hydrogen-bond donors (Lipinski definition) is 2. The third-order valence-corrected chi connectivity index (χ3v) is 6.27. The van der Waals surface area contributed by atoms with Gasteiger partial charge >= 0.3 is 0 Å². The van der Waals surface area contributed by atoms with Gasteiger partial charge in [-0.25, -0.2) is 0 Å². The molecule has 1 heterocycles. The Kier molecular flexibility index (Phi) is 5.12. The number of hydrogen-bond acceptors (Lipinski definition) is 5. The highest BCUT2D eigenvalue weighted by molar-refractivity contribution is 8.00. The van der Waals surface area contributed by atoms with Crippen molar-refractivity contribution in [2.45, 2.75) is 31.1 Å². The number of nitrogen functional groups attached to an aromatic ring is 1. The molecule has 1 atom stereocenters. The number of carbonyl (C=O) groups excluding carboxylic acids is 1. The second kappa shape index (κ2) is 7.29. The maximum absolute atomic E-state index is 12.3. The van der Waals surface area contributed by atoms with Crippen LogP contribution in [0, 0.1) is 17.2 Å². The first-order valence-corrected chi connectivity index (χ1v) is 9.70. The minimum atomic E-state index is -0.0921. The Balaban J connectivity index is 1.67. The van der Waals surface area contributed by atoms with Crippen LogP contribution in [0.4, 0.5) is 10.7 Å². The van der Waals surface area contributed by atoms with Crippen molar-refractivity contribution in [2.75, 3.05) is 16.8 Å². The quantitative estimate of drug-likeness (QED) is 0.639. The summed E-state index contributed by atoms with van der Waals surface area (Å²) < 4.78 is 0. The van der Waals surface area contributed by atoms with Crippen LogP contribution in [-0.4, -0.2) is 11.7 Å². The van der Waals surface area contributed by atoms with E-state index >= 15 is 0 Å². The third kappa shape index (κ3) is 3.74. The molecule has 0 bridgehead atoms. The Bertz CT molecular complexity index is 807. The lowest BCUT2D eigenvalue weighted by molar-refractivity contribution is -0.113. The van der Waals surface area contributed by atoms with E-state index in [9.17, 15) is 10.1 Å². The van der Waals surface area contributed by atoms with Gasteiger partial charge in [-0.05, 0) is 48.9 Å². The third-order valence-electron chi connectivity index (χ3n) is 4.10. The molecular weight excluding hydrogens is 338 g/mol. The van der Waals surface area contributed by atoms with Crippen LogP contribution in [0.2, 0.25) is 0 Å². The summed E-state index contributed by atoms with van der Waals surface area (Å²) in [4.78, 5) is 14.5. The summed E-state index contributed by atoms with van der Waals surface area (Å²) in [6.45, 7) is 2.23. The number of nitrogens with two attached hydrogens (primary N) is 1. The van der Waals surface area contributed by atoms with Crippen LogP contribution in [0.5, 0.6) is 0 Å². The largest absolute Gasteiger partial charge is 0.399 e. The number of rotatable bonds is 4. The number of anilines is 2. The number of nitrogens with zero attached hydrogens (tertiary/aromatic N) is 1.